The Balaban J connectivity index is 2.04. The van der Waals surface area contributed by atoms with Crippen LogP contribution in [-0.2, 0) is 11.2 Å². The van der Waals surface area contributed by atoms with E-state index in [-0.39, 0.29) is 17.9 Å². The summed E-state index contributed by atoms with van der Waals surface area (Å²) in [6.07, 6.45) is 3.54. The average Bonchev–Trinajstić information content (AvgIpc) is 2.96. The van der Waals surface area contributed by atoms with Crippen LogP contribution in [0.25, 0.3) is 0 Å². The van der Waals surface area contributed by atoms with Crippen LogP contribution in [0.3, 0.4) is 0 Å². The highest BCUT2D eigenvalue weighted by molar-refractivity contribution is 7.13. The molecule has 2 N–H and O–H groups in total. The van der Waals surface area contributed by atoms with Gasteiger partial charge in [-0.25, -0.2) is 4.98 Å². The van der Waals surface area contributed by atoms with Crippen LogP contribution in [0.4, 0.5) is 5.69 Å². The molecule has 0 aliphatic carbocycles. The Hall–Kier alpha value is -2.21. The van der Waals surface area contributed by atoms with E-state index in [2.05, 4.69) is 22.5 Å². The van der Waals surface area contributed by atoms with Crippen molar-refractivity contribution in [2.24, 2.45) is 0 Å². The van der Waals surface area contributed by atoms with Gasteiger partial charge in [-0.15, -0.1) is 11.3 Å². The minimum atomic E-state index is -0.159. The second-order valence-corrected chi connectivity index (χ2v) is 6.49. The predicted molar refractivity (Wildman–Crippen MR) is 92.7 cm³/mol. The number of benzene rings is 1. The zero-order valence-corrected chi connectivity index (χ0v) is 14.4. The number of hydrogen-bond donors (Lipinski definition) is 2. The maximum atomic E-state index is 12.3. The quantitative estimate of drug-likeness (QED) is 0.850. The van der Waals surface area contributed by atoms with Crippen LogP contribution in [0.1, 0.15) is 53.5 Å². The van der Waals surface area contributed by atoms with E-state index in [1.807, 2.05) is 31.2 Å². The number of carbonyl (C=O) groups is 2. The molecule has 1 aromatic carbocycles. The maximum absolute atomic E-state index is 12.3. The van der Waals surface area contributed by atoms with Crippen LogP contribution in [0.5, 0.6) is 0 Å². The van der Waals surface area contributed by atoms with E-state index in [0.29, 0.717) is 4.88 Å². The molecular formula is C17H21N3O2S. The van der Waals surface area contributed by atoms with Gasteiger partial charge in [-0.05, 0) is 37.5 Å². The Morgan fingerprint density at radius 3 is 2.83 bits per heavy atom. The van der Waals surface area contributed by atoms with Gasteiger partial charge in [0.15, 0.2) is 0 Å². The smallest absolute Gasteiger partial charge is 0.263 e. The van der Waals surface area contributed by atoms with E-state index in [9.17, 15) is 9.59 Å². The van der Waals surface area contributed by atoms with Gasteiger partial charge in [0.25, 0.3) is 5.91 Å². The van der Waals surface area contributed by atoms with E-state index in [4.69, 9.17) is 0 Å². The molecule has 2 rings (SSSR count). The normalized spacial score (nSPS) is 11.8. The van der Waals surface area contributed by atoms with E-state index in [1.165, 1.54) is 18.3 Å². The van der Waals surface area contributed by atoms with E-state index >= 15 is 0 Å². The fraction of sp³-hybridized carbons (Fsp3) is 0.353. The maximum Gasteiger partial charge on any atom is 0.263 e. The number of amides is 2. The SMILES string of the molecule is CCCc1ncc(C(=O)N[C@@H](C)c2cccc(NC(C)=O)c2)s1. The molecule has 6 heteroatoms. The van der Waals surface area contributed by atoms with Gasteiger partial charge < -0.3 is 10.6 Å². The third-order valence-corrected chi connectivity index (χ3v) is 4.35. The van der Waals surface area contributed by atoms with Gasteiger partial charge in [0, 0.05) is 12.6 Å². The van der Waals surface area contributed by atoms with Crippen molar-refractivity contribution in [2.45, 2.75) is 39.7 Å². The number of anilines is 1. The number of nitrogens with zero attached hydrogens (tertiary/aromatic N) is 1. The molecule has 0 aliphatic rings. The van der Waals surface area contributed by atoms with Crippen LogP contribution in [-0.4, -0.2) is 16.8 Å². The van der Waals surface area contributed by atoms with Crippen molar-refractivity contribution in [3.63, 3.8) is 0 Å². The molecule has 1 atom stereocenters. The van der Waals surface area contributed by atoms with Gasteiger partial charge in [-0.3, -0.25) is 9.59 Å². The highest BCUT2D eigenvalue weighted by Gasteiger charge is 2.14. The van der Waals surface area contributed by atoms with Crippen LogP contribution < -0.4 is 10.6 Å². The lowest BCUT2D eigenvalue weighted by Crippen LogP contribution is -2.26. The van der Waals surface area contributed by atoms with Gasteiger partial charge in [-0.1, -0.05) is 19.1 Å². The number of thiazole rings is 1. The minimum Gasteiger partial charge on any atom is -0.345 e. The minimum absolute atomic E-state index is 0.119. The number of hydrogen-bond acceptors (Lipinski definition) is 4. The zero-order chi connectivity index (χ0) is 16.8. The van der Waals surface area contributed by atoms with Crippen LogP contribution in [0.2, 0.25) is 0 Å². The van der Waals surface area contributed by atoms with Crippen molar-refractivity contribution in [1.82, 2.24) is 10.3 Å². The van der Waals surface area contributed by atoms with Gasteiger partial charge in [0.05, 0.1) is 17.2 Å². The van der Waals surface area contributed by atoms with Gasteiger partial charge in [-0.2, -0.15) is 0 Å². The molecule has 5 nitrogen and oxygen atoms in total. The van der Waals surface area contributed by atoms with Crippen molar-refractivity contribution in [2.75, 3.05) is 5.32 Å². The molecule has 122 valence electrons. The van der Waals surface area contributed by atoms with Gasteiger partial charge in [0.1, 0.15) is 4.88 Å². The van der Waals surface area contributed by atoms with Crippen LogP contribution >= 0.6 is 11.3 Å². The first-order chi connectivity index (χ1) is 11.0. The lowest BCUT2D eigenvalue weighted by molar-refractivity contribution is -0.114. The predicted octanol–water partition coefficient (Wildman–Crippen LogP) is 3.55. The average molecular weight is 331 g/mol. The highest BCUT2D eigenvalue weighted by atomic mass is 32.1. The molecule has 0 spiro atoms. The third-order valence-electron chi connectivity index (χ3n) is 3.30. The van der Waals surface area contributed by atoms with Crippen molar-refractivity contribution in [1.29, 1.82) is 0 Å². The summed E-state index contributed by atoms with van der Waals surface area (Å²) >= 11 is 1.43. The molecule has 0 radical (unpaired) electrons. The van der Waals surface area contributed by atoms with Crippen molar-refractivity contribution < 1.29 is 9.59 Å². The molecule has 1 heterocycles. The molecule has 0 aliphatic heterocycles. The first kappa shape index (κ1) is 17.1. The number of aryl methyl sites for hydroxylation is 1. The van der Waals surface area contributed by atoms with Crippen molar-refractivity contribution >= 4 is 28.8 Å². The lowest BCUT2D eigenvalue weighted by Gasteiger charge is -2.14. The second-order valence-electron chi connectivity index (χ2n) is 5.37. The zero-order valence-electron chi connectivity index (χ0n) is 13.6. The summed E-state index contributed by atoms with van der Waals surface area (Å²) in [4.78, 5) is 28.3. The molecule has 0 saturated carbocycles. The lowest BCUT2D eigenvalue weighted by atomic mass is 10.1. The Morgan fingerprint density at radius 1 is 1.35 bits per heavy atom. The van der Waals surface area contributed by atoms with Crippen LogP contribution in [0.15, 0.2) is 30.5 Å². The van der Waals surface area contributed by atoms with E-state index < -0.39 is 0 Å². The summed E-state index contributed by atoms with van der Waals surface area (Å²) in [5.41, 5.74) is 1.65. The molecule has 23 heavy (non-hydrogen) atoms. The molecule has 0 bridgehead atoms. The summed E-state index contributed by atoms with van der Waals surface area (Å²) < 4.78 is 0. The van der Waals surface area contributed by atoms with Gasteiger partial charge >= 0.3 is 0 Å². The summed E-state index contributed by atoms with van der Waals surface area (Å²) in [5, 5.41) is 6.69. The summed E-state index contributed by atoms with van der Waals surface area (Å²) in [6, 6.07) is 7.30. The highest BCUT2D eigenvalue weighted by Crippen LogP contribution is 2.20. The summed E-state index contributed by atoms with van der Waals surface area (Å²) in [6.45, 7) is 5.47. The van der Waals surface area contributed by atoms with Crippen molar-refractivity contribution in [3.05, 3.63) is 45.9 Å². The molecule has 0 saturated heterocycles. The number of aromatic nitrogens is 1. The molecular weight excluding hydrogens is 310 g/mol. The van der Waals surface area contributed by atoms with E-state index in [0.717, 1.165) is 29.1 Å². The third kappa shape index (κ3) is 4.89. The standard InChI is InChI=1S/C17H21N3O2S/c1-4-6-16-18-10-15(23-16)17(22)19-11(2)13-7-5-8-14(9-13)20-12(3)21/h5,7-11H,4,6H2,1-3H3,(H,19,22)(H,20,21)/t11-/m0/s1. The summed E-state index contributed by atoms with van der Waals surface area (Å²) in [5.74, 6) is -0.241. The Bertz CT molecular complexity index is 697. The largest absolute Gasteiger partial charge is 0.345 e. The number of rotatable bonds is 6. The van der Waals surface area contributed by atoms with E-state index in [1.54, 1.807) is 6.20 Å². The molecule has 2 aromatic rings. The fourth-order valence-electron chi connectivity index (χ4n) is 2.18. The first-order valence-corrected chi connectivity index (χ1v) is 8.44. The number of carbonyl (C=O) groups excluding carboxylic acids is 2. The number of nitrogens with one attached hydrogen (secondary N) is 2. The second kappa shape index (κ2) is 7.87. The molecule has 0 fully saturated rings. The first-order valence-electron chi connectivity index (χ1n) is 7.62. The monoisotopic (exact) mass is 331 g/mol. The Morgan fingerprint density at radius 2 is 2.13 bits per heavy atom. The molecule has 0 unspecified atom stereocenters. The molecule has 1 aromatic heterocycles. The van der Waals surface area contributed by atoms with Crippen molar-refractivity contribution in [3.8, 4) is 0 Å². The Kier molecular flexibility index (Phi) is 5.87. The molecule has 2 amide bonds. The Labute approximate surface area is 140 Å². The fourth-order valence-corrected chi connectivity index (χ4v) is 3.11. The van der Waals surface area contributed by atoms with Crippen LogP contribution in [0, 0.1) is 0 Å². The summed E-state index contributed by atoms with van der Waals surface area (Å²) in [7, 11) is 0. The van der Waals surface area contributed by atoms with Gasteiger partial charge in [0.2, 0.25) is 5.91 Å². The topological polar surface area (TPSA) is 71.1 Å².